The first-order valence-corrected chi connectivity index (χ1v) is 12.9. The molecule has 2 aromatic carbocycles. The molecule has 2 aliphatic rings. The second kappa shape index (κ2) is 10.8. The minimum absolute atomic E-state index is 0.0479. The fourth-order valence-electron chi connectivity index (χ4n) is 5.49. The maximum Gasteiger partial charge on any atom is 0.281 e. The summed E-state index contributed by atoms with van der Waals surface area (Å²) in [6, 6.07) is 7.24. The zero-order valence-electron chi connectivity index (χ0n) is 20.8. The normalized spacial score (nSPS) is 22.5. The molecule has 1 atom stereocenters. The fraction of sp³-hybridized carbons (Fsp3) is 0.321. The van der Waals surface area contributed by atoms with Crippen molar-refractivity contribution in [1.29, 1.82) is 0 Å². The van der Waals surface area contributed by atoms with Gasteiger partial charge >= 0.3 is 0 Å². The lowest BCUT2D eigenvalue weighted by atomic mass is 9.85. The molecule has 0 saturated heterocycles. The van der Waals surface area contributed by atoms with E-state index in [4.69, 9.17) is 11.6 Å². The molecule has 1 aromatic heterocycles. The first kappa shape index (κ1) is 28.0. The molecule has 5 rings (SSSR count). The smallest absolute Gasteiger partial charge is 0.281 e. The zero-order valence-corrected chi connectivity index (χ0v) is 21.6. The summed E-state index contributed by atoms with van der Waals surface area (Å²) < 4.78 is 69.5. The lowest BCUT2D eigenvalue weighted by Gasteiger charge is -2.32. The van der Waals surface area contributed by atoms with Crippen molar-refractivity contribution in [1.82, 2.24) is 10.3 Å². The first-order valence-electron chi connectivity index (χ1n) is 12.5. The number of pyridine rings is 1. The molecule has 1 aliphatic carbocycles. The zero-order chi connectivity index (χ0) is 28.8. The SMILES string of the molecule is O=C(NC1CCC(CN2C(=O)C(O)(c3cccc(F)c3F)c3cc(F)ccc32)CC1)c1cc(Cl)cnc1C(F)F. The van der Waals surface area contributed by atoms with Crippen molar-refractivity contribution in [3.63, 3.8) is 0 Å². The summed E-state index contributed by atoms with van der Waals surface area (Å²) in [7, 11) is 0. The second-order valence-corrected chi connectivity index (χ2v) is 10.4. The number of rotatable bonds is 6. The van der Waals surface area contributed by atoms with Crippen molar-refractivity contribution in [2.75, 3.05) is 11.4 Å². The van der Waals surface area contributed by atoms with E-state index < -0.39 is 52.5 Å². The van der Waals surface area contributed by atoms with E-state index in [1.165, 1.54) is 11.0 Å². The molecule has 1 aliphatic heterocycles. The Morgan fingerprint density at radius 2 is 1.82 bits per heavy atom. The molecule has 6 nitrogen and oxygen atoms in total. The van der Waals surface area contributed by atoms with Crippen LogP contribution in [0.2, 0.25) is 5.02 Å². The number of nitrogens with one attached hydrogen (secondary N) is 1. The van der Waals surface area contributed by atoms with Crippen LogP contribution in [-0.4, -0.2) is 34.5 Å². The summed E-state index contributed by atoms with van der Waals surface area (Å²) in [4.78, 5) is 31.1. The molecule has 2 heterocycles. The van der Waals surface area contributed by atoms with E-state index in [-0.39, 0.29) is 40.3 Å². The number of halogens is 6. The van der Waals surface area contributed by atoms with Crippen molar-refractivity contribution in [2.24, 2.45) is 5.92 Å². The van der Waals surface area contributed by atoms with Gasteiger partial charge in [0.15, 0.2) is 17.2 Å². The quantitative estimate of drug-likeness (QED) is 0.369. The highest BCUT2D eigenvalue weighted by molar-refractivity contribution is 6.30. The van der Waals surface area contributed by atoms with Crippen LogP contribution in [0.4, 0.5) is 27.6 Å². The maximum absolute atomic E-state index is 14.7. The van der Waals surface area contributed by atoms with Gasteiger partial charge in [-0.05, 0) is 61.9 Å². The third kappa shape index (κ3) is 4.92. The molecule has 12 heteroatoms. The Morgan fingerprint density at radius 3 is 2.52 bits per heavy atom. The Morgan fingerprint density at radius 1 is 1.10 bits per heavy atom. The number of alkyl halides is 2. The number of aromatic nitrogens is 1. The molecule has 0 spiro atoms. The number of benzene rings is 2. The van der Waals surface area contributed by atoms with Gasteiger partial charge in [0.25, 0.3) is 18.2 Å². The molecule has 1 unspecified atom stereocenters. The van der Waals surface area contributed by atoms with Crippen LogP contribution in [0.1, 0.15) is 59.3 Å². The number of carbonyl (C=O) groups is 2. The van der Waals surface area contributed by atoms with Crippen LogP contribution in [0, 0.1) is 23.4 Å². The Balaban J connectivity index is 1.31. The van der Waals surface area contributed by atoms with Crippen molar-refractivity contribution < 1.29 is 36.6 Å². The van der Waals surface area contributed by atoms with Crippen LogP contribution in [-0.2, 0) is 10.4 Å². The lowest BCUT2D eigenvalue weighted by molar-refractivity contribution is -0.132. The monoisotopic (exact) mass is 579 g/mol. The summed E-state index contributed by atoms with van der Waals surface area (Å²) in [6.07, 6.45) is 0.0649. The highest BCUT2D eigenvalue weighted by Crippen LogP contribution is 2.46. The van der Waals surface area contributed by atoms with Gasteiger partial charge in [-0.2, -0.15) is 0 Å². The van der Waals surface area contributed by atoms with Crippen LogP contribution in [0.15, 0.2) is 48.7 Å². The van der Waals surface area contributed by atoms with Gasteiger partial charge in [0.05, 0.1) is 16.3 Å². The average molecular weight is 580 g/mol. The van der Waals surface area contributed by atoms with E-state index in [9.17, 15) is 36.6 Å². The minimum atomic E-state index is -2.96. The number of anilines is 1. The van der Waals surface area contributed by atoms with Crippen LogP contribution in [0.3, 0.4) is 0 Å². The largest absolute Gasteiger partial charge is 0.372 e. The molecule has 1 fully saturated rings. The van der Waals surface area contributed by atoms with Crippen LogP contribution < -0.4 is 10.2 Å². The Labute approximate surface area is 230 Å². The highest BCUT2D eigenvalue weighted by atomic mass is 35.5. The van der Waals surface area contributed by atoms with Crippen LogP contribution in [0.25, 0.3) is 0 Å². The van der Waals surface area contributed by atoms with Crippen LogP contribution >= 0.6 is 11.6 Å². The molecule has 40 heavy (non-hydrogen) atoms. The number of amides is 2. The molecule has 0 radical (unpaired) electrons. The van der Waals surface area contributed by atoms with E-state index in [1.54, 1.807) is 0 Å². The second-order valence-electron chi connectivity index (χ2n) is 9.97. The number of aliphatic hydroxyl groups is 1. The van der Waals surface area contributed by atoms with E-state index in [2.05, 4.69) is 10.3 Å². The first-order chi connectivity index (χ1) is 19.0. The van der Waals surface area contributed by atoms with Crippen molar-refractivity contribution >= 4 is 29.1 Å². The number of nitrogens with zero attached hydrogens (tertiary/aromatic N) is 2. The molecule has 210 valence electrons. The summed E-state index contributed by atoms with van der Waals surface area (Å²) >= 11 is 5.84. The standard InChI is InChI=1S/C28H23ClF5N3O3/c29-15-10-18(24(25(33)34)35-12-15)26(38)36-17-7-4-14(5-8-17)13-37-22-9-6-16(30)11-20(22)28(40,27(37)39)19-2-1-3-21(31)23(19)32/h1-3,6,9-12,14,17,25,40H,4-5,7-8,13H2,(H,36,38). The van der Waals surface area contributed by atoms with Crippen molar-refractivity contribution in [3.05, 3.63) is 93.5 Å². The molecular formula is C28H23ClF5N3O3. The number of carbonyl (C=O) groups excluding carboxylic acids is 2. The summed E-state index contributed by atoms with van der Waals surface area (Å²) in [5, 5.41) is 14.2. The molecular weight excluding hydrogens is 557 g/mol. The Bertz CT molecular complexity index is 1480. The summed E-state index contributed by atoms with van der Waals surface area (Å²) in [6.45, 7) is 0.102. The van der Waals surface area contributed by atoms with Gasteiger partial charge in [0.1, 0.15) is 11.5 Å². The van der Waals surface area contributed by atoms with E-state index in [0.29, 0.717) is 25.7 Å². The molecule has 3 aromatic rings. The topological polar surface area (TPSA) is 82.5 Å². The van der Waals surface area contributed by atoms with Gasteiger partial charge in [0, 0.05) is 29.9 Å². The minimum Gasteiger partial charge on any atom is -0.372 e. The highest BCUT2D eigenvalue weighted by Gasteiger charge is 2.53. The lowest BCUT2D eigenvalue weighted by Crippen LogP contribution is -2.45. The van der Waals surface area contributed by atoms with Crippen molar-refractivity contribution in [3.8, 4) is 0 Å². The van der Waals surface area contributed by atoms with E-state index >= 15 is 0 Å². The predicted octanol–water partition coefficient (Wildman–Crippen LogP) is 5.66. The maximum atomic E-state index is 14.7. The van der Waals surface area contributed by atoms with Crippen molar-refractivity contribution in [2.45, 2.75) is 43.8 Å². The molecule has 1 saturated carbocycles. The van der Waals surface area contributed by atoms with Gasteiger partial charge < -0.3 is 15.3 Å². The van der Waals surface area contributed by atoms with Gasteiger partial charge in [-0.3, -0.25) is 14.6 Å². The van der Waals surface area contributed by atoms with Crippen LogP contribution in [0.5, 0.6) is 0 Å². The number of fused-ring (bicyclic) bond motifs is 1. The van der Waals surface area contributed by atoms with Gasteiger partial charge in [-0.1, -0.05) is 23.7 Å². The Hall–Kier alpha value is -3.57. The van der Waals surface area contributed by atoms with Gasteiger partial charge in [-0.15, -0.1) is 0 Å². The van der Waals surface area contributed by atoms with Gasteiger partial charge in [-0.25, -0.2) is 22.0 Å². The molecule has 0 bridgehead atoms. The predicted molar refractivity (Wildman–Crippen MR) is 136 cm³/mol. The molecule has 2 N–H and O–H groups in total. The summed E-state index contributed by atoms with van der Waals surface area (Å²) in [5.41, 5.74) is -4.21. The third-order valence-electron chi connectivity index (χ3n) is 7.49. The number of hydrogen-bond donors (Lipinski definition) is 2. The molecule has 2 amide bonds. The van der Waals surface area contributed by atoms with Gasteiger partial charge in [0.2, 0.25) is 0 Å². The number of hydrogen-bond acceptors (Lipinski definition) is 4. The Kier molecular flexibility index (Phi) is 7.54. The third-order valence-corrected chi connectivity index (χ3v) is 7.70. The average Bonchev–Trinajstić information content (AvgIpc) is 3.12. The van der Waals surface area contributed by atoms with E-state index in [1.807, 2.05) is 0 Å². The summed E-state index contributed by atoms with van der Waals surface area (Å²) in [5.74, 6) is -5.19. The van der Waals surface area contributed by atoms with E-state index in [0.717, 1.165) is 42.6 Å². The fourth-order valence-corrected chi connectivity index (χ4v) is 5.65.